The van der Waals surface area contributed by atoms with Gasteiger partial charge in [0.05, 0.1) is 7.11 Å². The first kappa shape index (κ1) is 11.0. The van der Waals surface area contributed by atoms with Gasteiger partial charge in [0, 0.05) is 7.05 Å². The number of likely N-dealkylation sites (N-methyl/N-ethyl adjacent to an activating group) is 1. The molecule has 15 heavy (non-hydrogen) atoms. The molecule has 0 saturated heterocycles. The number of nitrogens with zero attached hydrogens (tertiary/aromatic N) is 3. The molecule has 0 radical (unpaired) electrons. The molecule has 7 nitrogen and oxygen atoms in total. The Balaban J connectivity index is 2.98. The minimum Gasteiger partial charge on any atom is -0.480 e. The lowest BCUT2D eigenvalue weighted by molar-refractivity contribution is -0.135. The molecule has 0 aliphatic rings. The number of nitrogen functional groups attached to an aromatic ring is 1. The third-order valence-corrected chi connectivity index (χ3v) is 1.75. The molecule has 0 amide bonds. The Hall–Kier alpha value is -2.05. The number of aromatic nitrogens is 2. The predicted molar refractivity (Wildman–Crippen MR) is 53.9 cm³/mol. The maximum atomic E-state index is 10.5. The number of nitrogens with two attached hydrogens (primary N) is 1. The maximum Gasteiger partial charge on any atom is 0.323 e. The second-order valence-corrected chi connectivity index (χ2v) is 2.87. The van der Waals surface area contributed by atoms with Crippen molar-refractivity contribution in [3.63, 3.8) is 0 Å². The molecular weight excluding hydrogens is 200 g/mol. The molecule has 0 fully saturated rings. The summed E-state index contributed by atoms with van der Waals surface area (Å²) >= 11 is 0. The summed E-state index contributed by atoms with van der Waals surface area (Å²) in [6.07, 6.45) is 1.27. The fraction of sp³-hybridized carbons (Fsp3) is 0.375. The second kappa shape index (κ2) is 4.45. The summed E-state index contributed by atoms with van der Waals surface area (Å²) in [4.78, 5) is 19.6. The zero-order valence-electron chi connectivity index (χ0n) is 8.47. The summed E-state index contributed by atoms with van der Waals surface area (Å²) in [6, 6.07) is 0. The molecule has 0 aromatic carbocycles. The summed E-state index contributed by atoms with van der Waals surface area (Å²) in [6.45, 7) is -0.190. The number of rotatable bonds is 4. The summed E-state index contributed by atoms with van der Waals surface area (Å²) in [7, 11) is 3.01. The topological polar surface area (TPSA) is 102 Å². The van der Waals surface area contributed by atoms with Crippen molar-refractivity contribution in [2.75, 3.05) is 31.3 Å². The van der Waals surface area contributed by atoms with Gasteiger partial charge < -0.3 is 20.5 Å². The van der Waals surface area contributed by atoms with Crippen LogP contribution >= 0.6 is 0 Å². The van der Waals surface area contributed by atoms with Gasteiger partial charge in [-0.05, 0) is 0 Å². The highest BCUT2D eigenvalue weighted by molar-refractivity contribution is 5.76. The van der Waals surface area contributed by atoms with Gasteiger partial charge in [-0.25, -0.2) is 4.98 Å². The fourth-order valence-electron chi connectivity index (χ4n) is 1.12. The first-order chi connectivity index (χ1) is 7.06. The third kappa shape index (κ3) is 2.46. The average molecular weight is 212 g/mol. The number of hydrogen-bond donors (Lipinski definition) is 2. The Kier molecular flexibility index (Phi) is 3.27. The van der Waals surface area contributed by atoms with Crippen molar-refractivity contribution in [3.05, 3.63) is 6.33 Å². The Morgan fingerprint density at radius 3 is 2.87 bits per heavy atom. The van der Waals surface area contributed by atoms with E-state index in [1.165, 1.54) is 18.3 Å². The van der Waals surface area contributed by atoms with Crippen LogP contribution in [0.4, 0.5) is 11.5 Å². The third-order valence-electron chi connectivity index (χ3n) is 1.75. The summed E-state index contributed by atoms with van der Waals surface area (Å²) in [5, 5.41) is 8.61. The molecule has 3 N–H and O–H groups in total. The average Bonchev–Trinajstić information content (AvgIpc) is 2.17. The molecule has 1 rings (SSSR count). The number of methoxy groups -OCH3 is 1. The van der Waals surface area contributed by atoms with E-state index in [0.29, 0.717) is 5.82 Å². The quantitative estimate of drug-likeness (QED) is 0.699. The molecule has 0 atom stereocenters. The van der Waals surface area contributed by atoms with Crippen LogP contribution in [0.25, 0.3) is 0 Å². The molecule has 1 heterocycles. The van der Waals surface area contributed by atoms with Gasteiger partial charge in [0.1, 0.15) is 18.6 Å². The molecule has 0 aliphatic carbocycles. The number of anilines is 2. The molecule has 0 unspecified atom stereocenters. The van der Waals surface area contributed by atoms with E-state index in [-0.39, 0.29) is 18.1 Å². The molecule has 7 heteroatoms. The standard InChI is InChI=1S/C8H12N4O3/c1-12(3-5(13)14)7-6(9)8(15-2)11-4-10-7/h4H,3,9H2,1-2H3,(H,13,14). The number of hydrogen-bond acceptors (Lipinski definition) is 6. The van der Waals surface area contributed by atoms with E-state index in [4.69, 9.17) is 15.6 Å². The van der Waals surface area contributed by atoms with Gasteiger partial charge in [0.2, 0.25) is 5.88 Å². The Morgan fingerprint density at radius 1 is 1.67 bits per heavy atom. The largest absolute Gasteiger partial charge is 0.480 e. The van der Waals surface area contributed by atoms with Crippen molar-refractivity contribution in [2.24, 2.45) is 0 Å². The van der Waals surface area contributed by atoms with Crippen LogP contribution in [-0.4, -0.2) is 41.7 Å². The summed E-state index contributed by atoms with van der Waals surface area (Å²) in [5.74, 6) is -0.393. The smallest absolute Gasteiger partial charge is 0.323 e. The summed E-state index contributed by atoms with van der Waals surface area (Å²) < 4.78 is 4.89. The minimum absolute atomic E-state index is 0.190. The van der Waals surface area contributed by atoms with Crippen LogP contribution in [0.15, 0.2) is 6.33 Å². The SMILES string of the molecule is COc1ncnc(N(C)CC(=O)O)c1N. The van der Waals surface area contributed by atoms with Crippen LogP contribution in [0, 0.1) is 0 Å². The molecule has 0 bridgehead atoms. The lowest BCUT2D eigenvalue weighted by Gasteiger charge is -2.17. The molecule has 0 saturated carbocycles. The van der Waals surface area contributed by atoms with E-state index in [1.807, 2.05) is 0 Å². The lowest BCUT2D eigenvalue weighted by Crippen LogP contribution is -2.27. The fourth-order valence-corrected chi connectivity index (χ4v) is 1.12. The van der Waals surface area contributed by atoms with Gasteiger partial charge in [-0.1, -0.05) is 0 Å². The molecule has 1 aromatic rings. The van der Waals surface area contributed by atoms with E-state index in [0.717, 1.165) is 0 Å². The van der Waals surface area contributed by atoms with Crippen LogP contribution in [0.1, 0.15) is 0 Å². The van der Waals surface area contributed by atoms with Crippen molar-refractivity contribution < 1.29 is 14.6 Å². The van der Waals surface area contributed by atoms with E-state index in [2.05, 4.69) is 9.97 Å². The maximum absolute atomic E-state index is 10.5. The zero-order chi connectivity index (χ0) is 11.4. The first-order valence-electron chi connectivity index (χ1n) is 4.13. The van der Waals surface area contributed by atoms with Crippen molar-refractivity contribution in [2.45, 2.75) is 0 Å². The molecule has 0 spiro atoms. The van der Waals surface area contributed by atoms with Gasteiger partial charge >= 0.3 is 5.97 Å². The van der Waals surface area contributed by atoms with Gasteiger partial charge in [0.15, 0.2) is 5.82 Å². The summed E-state index contributed by atoms with van der Waals surface area (Å²) in [5.41, 5.74) is 5.91. The van der Waals surface area contributed by atoms with Gasteiger partial charge in [-0.15, -0.1) is 0 Å². The number of carboxylic acid groups (broad SMARTS) is 1. The Morgan fingerprint density at radius 2 is 2.33 bits per heavy atom. The van der Waals surface area contributed by atoms with Crippen LogP contribution < -0.4 is 15.4 Å². The highest BCUT2D eigenvalue weighted by atomic mass is 16.5. The van der Waals surface area contributed by atoms with Crippen molar-refractivity contribution in [1.29, 1.82) is 0 Å². The number of carboxylic acids is 1. The molecule has 1 aromatic heterocycles. The molecule has 82 valence electrons. The van der Waals surface area contributed by atoms with Crippen molar-refractivity contribution in [1.82, 2.24) is 9.97 Å². The van der Waals surface area contributed by atoms with Crippen molar-refractivity contribution in [3.8, 4) is 5.88 Å². The monoisotopic (exact) mass is 212 g/mol. The van der Waals surface area contributed by atoms with Gasteiger partial charge in [0.25, 0.3) is 0 Å². The van der Waals surface area contributed by atoms with Crippen LogP contribution in [0.5, 0.6) is 5.88 Å². The highest BCUT2D eigenvalue weighted by Crippen LogP contribution is 2.26. The van der Waals surface area contributed by atoms with Crippen LogP contribution in [-0.2, 0) is 4.79 Å². The van der Waals surface area contributed by atoms with Crippen LogP contribution in [0.3, 0.4) is 0 Å². The van der Waals surface area contributed by atoms with Gasteiger partial charge in [-0.2, -0.15) is 4.98 Å². The number of aliphatic carboxylic acids is 1. The van der Waals surface area contributed by atoms with E-state index in [9.17, 15) is 4.79 Å². The van der Waals surface area contributed by atoms with E-state index >= 15 is 0 Å². The first-order valence-corrected chi connectivity index (χ1v) is 4.13. The van der Waals surface area contributed by atoms with Crippen LogP contribution in [0.2, 0.25) is 0 Å². The van der Waals surface area contributed by atoms with E-state index in [1.54, 1.807) is 7.05 Å². The van der Waals surface area contributed by atoms with E-state index < -0.39 is 5.97 Å². The number of ether oxygens (including phenoxy) is 1. The van der Waals surface area contributed by atoms with Gasteiger partial charge in [-0.3, -0.25) is 4.79 Å². The number of carbonyl (C=O) groups is 1. The predicted octanol–water partition coefficient (Wildman–Crippen LogP) is -0.412. The second-order valence-electron chi connectivity index (χ2n) is 2.87. The van der Waals surface area contributed by atoms with Crippen molar-refractivity contribution >= 4 is 17.5 Å². The zero-order valence-corrected chi connectivity index (χ0v) is 8.47. The Labute approximate surface area is 86.5 Å². The Bertz CT molecular complexity index is 369. The molecular formula is C8H12N4O3. The lowest BCUT2D eigenvalue weighted by atomic mass is 10.4. The normalized spacial score (nSPS) is 9.73. The highest BCUT2D eigenvalue weighted by Gasteiger charge is 2.14. The molecule has 0 aliphatic heterocycles. The minimum atomic E-state index is -0.963.